The minimum atomic E-state index is -0.447. The Labute approximate surface area is 100 Å². The molecule has 16 heavy (non-hydrogen) atoms. The number of carbonyl (C=O) groups is 2. The van der Waals surface area contributed by atoms with Crippen LogP contribution in [-0.4, -0.2) is 28.5 Å². The number of anilines is 1. The number of rotatable bonds is 2. The van der Waals surface area contributed by atoms with E-state index >= 15 is 0 Å². The van der Waals surface area contributed by atoms with Gasteiger partial charge in [-0.15, -0.1) is 0 Å². The summed E-state index contributed by atoms with van der Waals surface area (Å²) in [6.07, 6.45) is 3.40. The van der Waals surface area contributed by atoms with Crippen molar-refractivity contribution in [3.8, 4) is 0 Å². The summed E-state index contributed by atoms with van der Waals surface area (Å²) in [7, 11) is 0. The average molecular weight is 285 g/mol. The van der Waals surface area contributed by atoms with Crippen molar-refractivity contribution < 1.29 is 9.59 Å². The van der Waals surface area contributed by atoms with Crippen molar-refractivity contribution in [2.24, 2.45) is 0 Å². The zero-order valence-electron chi connectivity index (χ0n) is 8.31. The molecule has 0 unspecified atom stereocenters. The fourth-order valence-electron chi connectivity index (χ4n) is 1.34. The van der Waals surface area contributed by atoms with Gasteiger partial charge in [0.25, 0.3) is 0 Å². The van der Waals surface area contributed by atoms with Crippen molar-refractivity contribution >= 4 is 33.7 Å². The van der Waals surface area contributed by atoms with E-state index in [0.717, 1.165) is 5.69 Å². The third kappa shape index (κ3) is 2.19. The lowest BCUT2D eigenvalue weighted by atomic mass is 10.3. The van der Waals surface area contributed by atoms with Gasteiger partial charge >= 0.3 is 6.03 Å². The number of carbonyl (C=O) groups excluding carboxylic acids is 2. The first-order valence-corrected chi connectivity index (χ1v) is 5.81. The first-order valence-electron chi connectivity index (χ1n) is 4.69. The molecule has 1 N–H and O–H groups in total. The van der Waals surface area contributed by atoms with Crippen LogP contribution in [0.5, 0.6) is 0 Å². The van der Waals surface area contributed by atoms with Gasteiger partial charge in [-0.2, -0.15) is 0 Å². The summed E-state index contributed by atoms with van der Waals surface area (Å²) < 4.78 is 0. The molecular weight excluding hydrogens is 276 g/mol. The van der Waals surface area contributed by atoms with Gasteiger partial charge < -0.3 is 0 Å². The molecule has 2 heterocycles. The number of aromatic nitrogens is 2. The number of hydrogen-bond donors (Lipinski definition) is 1. The summed E-state index contributed by atoms with van der Waals surface area (Å²) in [5.41, 5.74) is 0.789. The minimum Gasteiger partial charge on any atom is -0.278 e. The van der Waals surface area contributed by atoms with Gasteiger partial charge in [-0.25, -0.2) is 9.78 Å². The van der Waals surface area contributed by atoms with Crippen LogP contribution in [0.2, 0.25) is 0 Å². The largest absolute Gasteiger partial charge is 0.329 e. The molecule has 1 aromatic rings. The van der Waals surface area contributed by atoms with Crippen LogP contribution in [0.25, 0.3) is 0 Å². The molecule has 1 aliphatic rings. The van der Waals surface area contributed by atoms with Crippen molar-refractivity contribution in [3.05, 3.63) is 18.1 Å². The van der Waals surface area contributed by atoms with E-state index < -0.39 is 6.03 Å². The lowest BCUT2D eigenvalue weighted by molar-refractivity contribution is -0.120. The van der Waals surface area contributed by atoms with E-state index in [4.69, 9.17) is 0 Å². The van der Waals surface area contributed by atoms with Gasteiger partial charge in [0.1, 0.15) is 0 Å². The fraction of sp³-hybridized carbons (Fsp3) is 0.333. The van der Waals surface area contributed by atoms with Crippen molar-refractivity contribution in [2.75, 3.05) is 11.4 Å². The van der Waals surface area contributed by atoms with Crippen LogP contribution in [0.15, 0.2) is 12.4 Å². The number of urea groups is 1. The fourth-order valence-corrected chi connectivity index (χ4v) is 1.63. The Balaban J connectivity index is 2.17. The highest BCUT2D eigenvalue weighted by atomic mass is 79.9. The van der Waals surface area contributed by atoms with E-state index in [1.54, 1.807) is 6.20 Å². The zero-order valence-corrected chi connectivity index (χ0v) is 9.90. The molecule has 0 saturated carbocycles. The van der Waals surface area contributed by atoms with Crippen LogP contribution in [0.3, 0.4) is 0 Å². The molecular formula is C9H9BrN4O2. The number of alkyl halides is 1. The molecule has 2 rings (SSSR count). The molecule has 0 aliphatic carbocycles. The van der Waals surface area contributed by atoms with Gasteiger partial charge in [0, 0.05) is 18.3 Å². The lowest BCUT2D eigenvalue weighted by Gasteiger charge is -2.25. The number of nitrogens with one attached hydrogen (secondary N) is 1. The Hall–Kier alpha value is -1.50. The highest BCUT2D eigenvalue weighted by Gasteiger charge is 2.25. The van der Waals surface area contributed by atoms with Crippen LogP contribution in [-0.2, 0) is 10.1 Å². The smallest absolute Gasteiger partial charge is 0.278 e. The Morgan fingerprint density at radius 2 is 2.19 bits per heavy atom. The van der Waals surface area contributed by atoms with Gasteiger partial charge in [0.05, 0.1) is 18.1 Å². The van der Waals surface area contributed by atoms with Crippen molar-refractivity contribution in [2.45, 2.75) is 11.8 Å². The lowest BCUT2D eigenvalue weighted by Crippen LogP contribution is -2.49. The van der Waals surface area contributed by atoms with E-state index in [1.165, 1.54) is 11.1 Å². The van der Waals surface area contributed by atoms with Gasteiger partial charge in [0.15, 0.2) is 5.82 Å². The maximum Gasteiger partial charge on any atom is 0.329 e. The van der Waals surface area contributed by atoms with Crippen molar-refractivity contribution in [1.29, 1.82) is 0 Å². The second-order valence-electron chi connectivity index (χ2n) is 3.25. The molecule has 0 atom stereocenters. The Kier molecular flexibility index (Phi) is 3.14. The zero-order chi connectivity index (χ0) is 11.5. The summed E-state index contributed by atoms with van der Waals surface area (Å²) in [6, 6.07) is -0.447. The molecule has 1 aliphatic heterocycles. The molecule has 84 valence electrons. The summed E-state index contributed by atoms with van der Waals surface area (Å²) in [4.78, 5) is 32.0. The Morgan fingerprint density at radius 1 is 1.38 bits per heavy atom. The highest BCUT2D eigenvalue weighted by molar-refractivity contribution is 9.08. The molecule has 0 spiro atoms. The maximum atomic E-state index is 11.5. The third-order valence-electron chi connectivity index (χ3n) is 2.16. The summed E-state index contributed by atoms with van der Waals surface area (Å²) in [5.74, 6) is 0.195. The Bertz CT molecular complexity index is 420. The monoisotopic (exact) mass is 284 g/mol. The van der Waals surface area contributed by atoms with Crippen LogP contribution in [0.1, 0.15) is 12.1 Å². The van der Waals surface area contributed by atoms with E-state index in [2.05, 4.69) is 31.2 Å². The molecule has 7 heteroatoms. The number of imide groups is 1. The number of halogens is 1. The van der Waals surface area contributed by atoms with Crippen LogP contribution >= 0.6 is 15.9 Å². The van der Waals surface area contributed by atoms with Crippen molar-refractivity contribution in [1.82, 2.24) is 15.3 Å². The van der Waals surface area contributed by atoms with Gasteiger partial charge in [0.2, 0.25) is 5.91 Å². The highest BCUT2D eigenvalue weighted by Crippen LogP contribution is 2.13. The average Bonchev–Trinajstić information content (AvgIpc) is 2.29. The maximum absolute atomic E-state index is 11.5. The summed E-state index contributed by atoms with van der Waals surface area (Å²) in [6.45, 7) is 0.340. The van der Waals surface area contributed by atoms with Crippen LogP contribution in [0, 0.1) is 0 Å². The normalized spacial score (nSPS) is 16.2. The standard InChI is InChI=1S/C9H9BrN4O2/c10-3-6-4-12-7(5-11-6)14-2-1-8(15)13-9(14)16/h4-5H,1-3H2,(H,13,15,16). The third-order valence-corrected chi connectivity index (χ3v) is 2.73. The predicted molar refractivity (Wildman–Crippen MR) is 60.2 cm³/mol. The van der Waals surface area contributed by atoms with E-state index in [1.807, 2.05) is 0 Å². The van der Waals surface area contributed by atoms with Gasteiger partial charge in [-0.3, -0.25) is 20.0 Å². The Morgan fingerprint density at radius 3 is 2.75 bits per heavy atom. The quantitative estimate of drug-likeness (QED) is 0.816. The molecule has 0 aromatic carbocycles. The topological polar surface area (TPSA) is 75.2 Å². The number of hydrogen-bond acceptors (Lipinski definition) is 4. The first-order chi connectivity index (χ1) is 7.70. The van der Waals surface area contributed by atoms with Crippen LogP contribution < -0.4 is 10.2 Å². The van der Waals surface area contributed by atoms with E-state index in [0.29, 0.717) is 17.7 Å². The predicted octanol–water partition coefficient (Wildman–Crippen LogP) is 0.818. The number of amides is 3. The molecule has 1 fully saturated rings. The molecule has 6 nitrogen and oxygen atoms in total. The van der Waals surface area contributed by atoms with Gasteiger partial charge in [-0.05, 0) is 0 Å². The molecule has 1 saturated heterocycles. The first kappa shape index (κ1) is 11.0. The minimum absolute atomic E-state index is 0.258. The SMILES string of the molecule is O=C1CCN(c2cnc(CBr)cn2)C(=O)N1. The number of nitrogens with zero attached hydrogens (tertiary/aromatic N) is 3. The molecule has 0 radical (unpaired) electrons. The van der Waals surface area contributed by atoms with Crippen LogP contribution in [0.4, 0.5) is 10.6 Å². The molecule has 3 amide bonds. The molecule has 1 aromatic heterocycles. The summed E-state index contributed by atoms with van der Waals surface area (Å²) in [5, 5.41) is 2.84. The molecule has 0 bridgehead atoms. The second-order valence-corrected chi connectivity index (χ2v) is 3.82. The van der Waals surface area contributed by atoms with Gasteiger partial charge in [-0.1, -0.05) is 15.9 Å². The second kappa shape index (κ2) is 4.56. The van der Waals surface area contributed by atoms with Crippen molar-refractivity contribution in [3.63, 3.8) is 0 Å². The van der Waals surface area contributed by atoms with E-state index in [9.17, 15) is 9.59 Å². The van der Waals surface area contributed by atoms with E-state index in [-0.39, 0.29) is 12.3 Å². The summed E-state index contributed by atoms with van der Waals surface area (Å²) >= 11 is 3.26.